The molecule has 0 aromatic rings. The maximum Gasteiger partial charge on any atom is 0.300 e. The summed E-state index contributed by atoms with van der Waals surface area (Å²) < 4.78 is 60.7. The van der Waals surface area contributed by atoms with Crippen LogP contribution < -0.4 is 0 Å². The van der Waals surface area contributed by atoms with Gasteiger partial charge in [0, 0.05) is 0 Å². The van der Waals surface area contributed by atoms with Gasteiger partial charge in [-0.25, -0.2) is 0 Å². The van der Waals surface area contributed by atoms with Crippen LogP contribution >= 0.6 is 0 Å². The van der Waals surface area contributed by atoms with Crippen molar-refractivity contribution < 1.29 is 36.2 Å². The Morgan fingerprint density at radius 2 is 1.69 bits per heavy atom. The normalized spacial score (nSPS) is 31.2. The summed E-state index contributed by atoms with van der Waals surface area (Å²) >= 11 is 0. The minimum atomic E-state index is -5.21. The molecule has 8 nitrogen and oxygen atoms in total. The Balaban J connectivity index is 3.49. The lowest BCUT2D eigenvalue weighted by atomic mass is 10.1. The maximum atomic E-state index is 10.8. The molecule has 2 atom stereocenters. The van der Waals surface area contributed by atoms with Crippen LogP contribution in [0.3, 0.4) is 0 Å². The first-order valence-electron chi connectivity index (χ1n) is 3.74. The van der Waals surface area contributed by atoms with Crippen LogP contribution in [0.15, 0.2) is 24.0 Å². The fourth-order valence-corrected chi connectivity index (χ4v) is 3.31. The third kappa shape index (κ3) is 2.10. The van der Waals surface area contributed by atoms with Crippen LogP contribution in [0, 0.1) is 0 Å². The predicted molar refractivity (Wildman–Crippen MR) is 51.7 cm³/mol. The molecule has 1 aliphatic rings. The maximum absolute atomic E-state index is 10.8. The number of hydrogen-bond acceptors (Lipinski definition) is 6. The zero-order valence-corrected chi connectivity index (χ0v) is 9.18. The molecular weight excluding hydrogens is 264 g/mol. The van der Waals surface area contributed by atoms with E-state index in [0.29, 0.717) is 18.2 Å². The van der Waals surface area contributed by atoms with E-state index >= 15 is 0 Å². The molecule has 0 saturated carbocycles. The smallest absolute Gasteiger partial charge is 0.300 e. The van der Waals surface area contributed by atoms with E-state index in [2.05, 4.69) is 0 Å². The largest absolute Gasteiger partial charge is 0.508 e. The quantitative estimate of drug-likeness (QED) is 0.459. The Bertz CT molecular complexity index is 553. The zero-order chi connectivity index (χ0) is 12.8. The van der Waals surface area contributed by atoms with Crippen molar-refractivity contribution in [3.8, 4) is 0 Å². The summed E-state index contributed by atoms with van der Waals surface area (Å²) in [5, 5.41) is 16.1. The minimum absolute atomic E-state index is 0.357. The van der Waals surface area contributed by atoms with Crippen molar-refractivity contribution in [2.24, 2.45) is 0 Å². The number of aliphatic hydroxyl groups excluding tert-OH is 1. The van der Waals surface area contributed by atoms with Gasteiger partial charge in [-0.1, -0.05) is 0 Å². The molecule has 4 N–H and O–H groups in total. The molecule has 2 unspecified atom stereocenters. The van der Waals surface area contributed by atoms with E-state index in [1.54, 1.807) is 0 Å². The molecule has 1 rings (SSSR count). The molecule has 0 saturated heterocycles. The van der Waals surface area contributed by atoms with Gasteiger partial charge in [-0.05, 0) is 18.2 Å². The summed E-state index contributed by atoms with van der Waals surface area (Å²) in [5.74, 6) is -0.670. The lowest BCUT2D eigenvalue weighted by molar-refractivity contribution is 0.159. The molecule has 0 radical (unpaired) electrons. The van der Waals surface area contributed by atoms with Crippen LogP contribution in [0.1, 0.15) is 0 Å². The van der Waals surface area contributed by atoms with Gasteiger partial charge in [0.15, 0.2) is 5.25 Å². The highest BCUT2D eigenvalue weighted by Gasteiger charge is 2.53. The van der Waals surface area contributed by atoms with Gasteiger partial charge in [0.25, 0.3) is 10.1 Å². The summed E-state index contributed by atoms with van der Waals surface area (Å²) in [6.45, 7) is 0. The van der Waals surface area contributed by atoms with Gasteiger partial charge in [-0.15, -0.1) is 0 Å². The van der Waals surface area contributed by atoms with E-state index < -0.39 is 36.2 Å². The number of hydrogen-bond donors (Lipinski definition) is 4. The standard InChI is InChI=1S/C6H8O8S2/c7-4-1-2-6(8,16(12,13)14)5(3-4)15(9,10)11/h1-3,5,7-8H,(H,9,10,11)(H,12,13,14). The summed E-state index contributed by atoms with van der Waals surface area (Å²) in [7, 11) is -10.2. The number of rotatable bonds is 2. The fraction of sp³-hybridized carbons (Fsp3) is 0.333. The number of aliphatic hydroxyl groups is 2. The Kier molecular flexibility index (Phi) is 2.90. The Morgan fingerprint density at radius 3 is 2.06 bits per heavy atom. The summed E-state index contributed by atoms with van der Waals surface area (Å²) in [6.07, 6.45) is 1.43. The van der Waals surface area contributed by atoms with Crippen molar-refractivity contribution in [2.45, 2.75) is 10.2 Å². The van der Waals surface area contributed by atoms with E-state index in [1.165, 1.54) is 0 Å². The zero-order valence-electron chi connectivity index (χ0n) is 7.55. The van der Waals surface area contributed by atoms with Crippen LogP contribution in [0.4, 0.5) is 0 Å². The van der Waals surface area contributed by atoms with Gasteiger partial charge in [-0.3, -0.25) is 9.11 Å². The topological polar surface area (TPSA) is 149 Å². The molecule has 0 aromatic heterocycles. The third-order valence-electron chi connectivity index (χ3n) is 1.96. The Labute approximate surface area is 91.0 Å². The molecule has 92 valence electrons. The molecule has 0 amide bonds. The first kappa shape index (κ1) is 13.1. The van der Waals surface area contributed by atoms with E-state index in [-0.39, 0.29) is 0 Å². The number of allylic oxidation sites excluding steroid dienone is 1. The van der Waals surface area contributed by atoms with Crippen LogP contribution in [0.25, 0.3) is 0 Å². The van der Waals surface area contributed by atoms with Crippen molar-refractivity contribution in [3.05, 3.63) is 24.0 Å². The van der Waals surface area contributed by atoms with Crippen LogP contribution in [0.2, 0.25) is 0 Å². The SMILES string of the molecule is O=S(=O)(O)C1C=C(O)C=CC1(O)S(=O)(=O)O. The second-order valence-corrected chi connectivity index (χ2v) is 6.23. The molecule has 0 bridgehead atoms. The second-order valence-electron chi connectivity index (χ2n) is 3.09. The fourth-order valence-electron chi connectivity index (χ4n) is 1.16. The summed E-state index contributed by atoms with van der Waals surface area (Å²) in [5.41, 5.74) is 0. The van der Waals surface area contributed by atoms with Crippen LogP contribution in [-0.2, 0) is 20.2 Å². The highest BCUT2D eigenvalue weighted by atomic mass is 32.2. The van der Waals surface area contributed by atoms with E-state index in [0.717, 1.165) is 0 Å². The van der Waals surface area contributed by atoms with Gasteiger partial charge >= 0.3 is 10.1 Å². The van der Waals surface area contributed by atoms with Crippen molar-refractivity contribution in [1.82, 2.24) is 0 Å². The van der Waals surface area contributed by atoms with Crippen molar-refractivity contribution in [1.29, 1.82) is 0 Å². The first-order chi connectivity index (χ1) is 6.98. The second kappa shape index (κ2) is 3.53. The molecule has 1 aliphatic carbocycles. The monoisotopic (exact) mass is 272 g/mol. The molecule has 0 fully saturated rings. The molecule has 10 heteroatoms. The van der Waals surface area contributed by atoms with Gasteiger partial charge < -0.3 is 10.2 Å². The third-order valence-corrected chi connectivity index (χ3v) is 4.46. The predicted octanol–water partition coefficient (Wildman–Crippen LogP) is -1.17. The van der Waals surface area contributed by atoms with Gasteiger partial charge in [-0.2, -0.15) is 16.8 Å². The minimum Gasteiger partial charge on any atom is -0.508 e. The first-order valence-corrected chi connectivity index (χ1v) is 6.68. The summed E-state index contributed by atoms with van der Waals surface area (Å²) in [6, 6.07) is 0. The highest BCUT2D eigenvalue weighted by Crippen LogP contribution is 2.30. The van der Waals surface area contributed by atoms with Gasteiger partial charge in [0.2, 0.25) is 4.93 Å². The van der Waals surface area contributed by atoms with E-state index in [9.17, 15) is 21.9 Å². The average Bonchev–Trinajstić information content (AvgIpc) is 2.05. The van der Waals surface area contributed by atoms with E-state index in [1.807, 2.05) is 0 Å². The molecule has 16 heavy (non-hydrogen) atoms. The van der Waals surface area contributed by atoms with Crippen LogP contribution in [0.5, 0.6) is 0 Å². The molecule has 0 heterocycles. The highest BCUT2D eigenvalue weighted by molar-refractivity contribution is 7.91. The van der Waals surface area contributed by atoms with Gasteiger partial charge in [0.05, 0.1) is 0 Å². The lowest BCUT2D eigenvalue weighted by Gasteiger charge is -2.28. The average molecular weight is 272 g/mol. The molecule has 0 aliphatic heterocycles. The van der Waals surface area contributed by atoms with Gasteiger partial charge in [0.1, 0.15) is 5.76 Å². The summed E-state index contributed by atoms with van der Waals surface area (Å²) in [4.78, 5) is -3.23. The van der Waals surface area contributed by atoms with Crippen molar-refractivity contribution >= 4 is 20.2 Å². The molecule has 0 aromatic carbocycles. The van der Waals surface area contributed by atoms with Crippen LogP contribution in [-0.4, -0.2) is 46.3 Å². The van der Waals surface area contributed by atoms with Crippen molar-refractivity contribution in [3.63, 3.8) is 0 Å². The van der Waals surface area contributed by atoms with E-state index in [4.69, 9.17) is 14.2 Å². The van der Waals surface area contributed by atoms with Crippen molar-refractivity contribution in [2.75, 3.05) is 0 Å². The Hall–Kier alpha value is -0.940. The molecule has 0 spiro atoms. The Morgan fingerprint density at radius 1 is 1.19 bits per heavy atom. The molecular formula is C6H8O8S2. The lowest BCUT2D eigenvalue weighted by Crippen LogP contribution is -2.51.